The van der Waals surface area contributed by atoms with Gasteiger partial charge < -0.3 is 10.1 Å². The molecule has 6 heteroatoms. The van der Waals surface area contributed by atoms with Gasteiger partial charge in [0.1, 0.15) is 11.6 Å². The smallest absolute Gasteiger partial charge is 0.387 e. The summed E-state index contributed by atoms with van der Waals surface area (Å²) in [6.45, 7) is -2.89. The largest absolute Gasteiger partial charge is 0.435 e. The van der Waals surface area contributed by atoms with Gasteiger partial charge in [0.15, 0.2) is 0 Å². The first-order chi connectivity index (χ1) is 10.5. The summed E-state index contributed by atoms with van der Waals surface area (Å²) in [5.74, 6) is -0.813. The molecule has 0 aliphatic carbocycles. The Labute approximate surface area is 125 Å². The van der Waals surface area contributed by atoms with E-state index >= 15 is 0 Å². The topological polar surface area (TPSA) is 38.3 Å². The lowest BCUT2D eigenvalue weighted by Crippen LogP contribution is -2.08. The Kier molecular flexibility index (Phi) is 5.19. The average Bonchev–Trinajstić information content (AvgIpc) is 2.47. The lowest BCUT2D eigenvalue weighted by Gasteiger charge is -2.06. The van der Waals surface area contributed by atoms with Gasteiger partial charge in [-0.25, -0.2) is 4.39 Å². The first kappa shape index (κ1) is 15.6. The summed E-state index contributed by atoms with van der Waals surface area (Å²) in [5.41, 5.74) is 0.978. The zero-order valence-corrected chi connectivity index (χ0v) is 11.3. The standard InChI is InChI=1S/C16H12F3NO2/c17-12-3-1-2-11(10-12)4-9-15(21)20-13-5-7-14(8-6-13)22-16(18)19/h1-10,16H,(H,20,21)/b9-4+. The van der Waals surface area contributed by atoms with Crippen LogP contribution in [0.2, 0.25) is 0 Å². The molecule has 2 rings (SSSR count). The summed E-state index contributed by atoms with van der Waals surface area (Å²) in [4.78, 5) is 11.7. The molecule has 1 N–H and O–H groups in total. The zero-order valence-electron chi connectivity index (χ0n) is 11.3. The van der Waals surface area contributed by atoms with E-state index in [4.69, 9.17) is 0 Å². The molecule has 0 aliphatic heterocycles. The van der Waals surface area contributed by atoms with Gasteiger partial charge in [0.05, 0.1) is 0 Å². The number of benzene rings is 2. The highest BCUT2D eigenvalue weighted by atomic mass is 19.3. The van der Waals surface area contributed by atoms with Gasteiger partial charge in [-0.15, -0.1) is 0 Å². The number of hydrogen-bond donors (Lipinski definition) is 1. The van der Waals surface area contributed by atoms with Crippen molar-refractivity contribution in [2.45, 2.75) is 6.61 Å². The number of anilines is 1. The van der Waals surface area contributed by atoms with Crippen LogP contribution >= 0.6 is 0 Å². The summed E-state index contributed by atoms with van der Waals surface area (Å²) in [7, 11) is 0. The van der Waals surface area contributed by atoms with Crippen molar-refractivity contribution in [1.29, 1.82) is 0 Å². The number of carbonyl (C=O) groups is 1. The van der Waals surface area contributed by atoms with E-state index < -0.39 is 18.3 Å². The summed E-state index contributed by atoms with van der Waals surface area (Å²) in [6.07, 6.45) is 2.71. The van der Waals surface area contributed by atoms with E-state index in [2.05, 4.69) is 10.1 Å². The second kappa shape index (κ2) is 7.31. The van der Waals surface area contributed by atoms with Gasteiger partial charge in [-0.2, -0.15) is 8.78 Å². The minimum Gasteiger partial charge on any atom is -0.435 e. The van der Waals surface area contributed by atoms with Crippen molar-refractivity contribution in [3.8, 4) is 5.75 Å². The number of nitrogens with one attached hydrogen (secondary N) is 1. The van der Waals surface area contributed by atoms with Crippen LogP contribution in [0.1, 0.15) is 5.56 Å². The van der Waals surface area contributed by atoms with Crippen LogP contribution in [0, 0.1) is 5.82 Å². The molecule has 0 saturated carbocycles. The van der Waals surface area contributed by atoms with E-state index in [0.29, 0.717) is 11.3 Å². The summed E-state index contributed by atoms with van der Waals surface area (Å²) >= 11 is 0. The number of hydrogen-bond acceptors (Lipinski definition) is 2. The normalized spacial score (nSPS) is 10.9. The molecule has 2 aromatic rings. The molecule has 0 spiro atoms. The van der Waals surface area contributed by atoms with Crippen molar-refractivity contribution in [3.05, 3.63) is 66.0 Å². The maximum atomic E-state index is 13.0. The highest BCUT2D eigenvalue weighted by Gasteiger charge is 2.04. The molecule has 0 unspecified atom stereocenters. The van der Waals surface area contributed by atoms with Crippen LogP contribution < -0.4 is 10.1 Å². The molecule has 0 radical (unpaired) electrons. The van der Waals surface area contributed by atoms with Crippen molar-refractivity contribution < 1.29 is 22.7 Å². The van der Waals surface area contributed by atoms with Gasteiger partial charge in [0, 0.05) is 11.8 Å². The molecular formula is C16H12F3NO2. The number of halogens is 3. The highest BCUT2D eigenvalue weighted by Crippen LogP contribution is 2.17. The molecule has 0 atom stereocenters. The average molecular weight is 307 g/mol. The second-order valence-corrected chi connectivity index (χ2v) is 4.28. The molecule has 2 aromatic carbocycles. The molecule has 22 heavy (non-hydrogen) atoms. The fraction of sp³-hybridized carbons (Fsp3) is 0.0625. The number of alkyl halides is 2. The molecular weight excluding hydrogens is 295 g/mol. The Hall–Kier alpha value is -2.76. The Morgan fingerprint density at radius 1 is 1.14 bits per heavy atom. The molecule has 0 heterocycles. The van der Waals surface area contributed by atoms with Crippen LogP contribution in [0.5, 0.6) is 5.75 Å². The number of rotatable bonds is 5. The molecule has 0 fully saturated rings. The SMILES string of the molecule is O=C(/C=C/c1cccc(F)c1)Nc1ccc(OC(F)F)cc1. The second-order valence-electron chi connectivity index (χ2n) is 4.28. The van der Waals surface area contributed by atoms with E-state index in [1.165, 1.54) is 54.6 Å². The van der Waals surface area contributed by atoms with Gasteiger partial charge in [-0.3, -0.25) is 4.79 Å². The van der Waals surface area contributed by atoms with E-state index in [-0.39, 0.29) is 5.75 Å². The van der Waals surface area contributed by atoms with Crippen LogP contribution in [-0.4, -0.2) is 12.5 Å². The van der Waals surface area contributed by atoms with Crippen LogP contribution in [0.3, 0.4) is 0 Å². The Bertz CT molecular complexity index is 669. The van der Waals surface area contributed by atoms with Gasteiger partial charge in [0.2, 0.25) is 5.91 Å². The number of ether oxygens (including phenoxy) is 1. The number of carbonyl (C=O) groups excluding carboxylic acids is 1. The maximum Gasteiger partial charge on any atom is 0.387 e. The van der Waals surface area contributed by atoms with Gasteiger partial charge in [0.25, 0.3) is 0 Å². The predicted molar refractivity (Wildman–Crippen MR) is 77.1 cm³/mol. The van der Waals surface area contributed by atoms with Crippen molar-refractivity contribution >= 4 is 17.7 Å². The summed E-state index contributed by atoms with van der Waals surface area (Å²) in [5, 5.41) is 2.54. The number of amides is 1. The quantitative estimate of drug-likeness (QED) is 0.845. The molecule has 0 aromatic heterocycles. The van der Waals surface area contributed by atoms with Crippen molar-refractivity contribution in [1.82, 2.24) is 0 Å². The van der Waals surface area contributed by atoms with Crippen molar-refractivity contribution in [2.24, 2.45) is 0 Å². The Morgan fingerprint density at radius 2 is 1.86 bits per heavy atom. The predicted octanol–water partition coefficient (Wildman–Crippen LogP) is 4.08. The molecule has 0 saturated heterocycles. The fourth-order valence-electron chi connectivity index (χ4n) is 1.69. The van der Waals surface area contributed by atoms with Crippen LogP contribution in [0.15, 0.2) is 54.6 Å². The lowest BCUT2D eigenvalue weighted by atomic mass is 10.2. The van der Waals surface area contributed by atoms with Crippen LogP contribution in [-0.2, 0) is 4.79 Å². The molecule has 0 bridgehead atoms. The Morgan fingerprint density at radius 3 is 2.50 bits per heavy atom. The third-order valence-electron chi connectivity index (χ3n) is 2.62. The van der Waals surface area contributed by atoms with Gasteiger partial charge in [-0.05, 0) is 48.0 Å². The van der Waals surface area contributed by atoms with Crippen LogP contribution in [0.4, 0.5) is 18.9 Å². The molecule has 1 amide bonds. The summed E-state index contributed by atoms with van der Waals surface area (Å²) in [6, 6.07) is 11.3. The van der Waals surface area contributed by atoms with Crippen molar-refractivity contribution in [2.75, 3.05) is 5.32 Å². The minimum atomic E-state index is -2.89. The lowest BCUT2D eigenvalue weighted by molar-refractivity contribution is -0.111. The molecule has 114 valence electrons. The van der Waals surface area contributed by atoms with Gasteiger partial charge >= 0.3 is 6.61 Å². The third-order valence-corrected chi connectivity index (χ3v) is 2.62. The maximum absolute atomic E-state index is 13.0. The minimum absolute atomic E-state index is 0.00306. The monoisotopic (exact) mass is 307 g/mol. The summed E-state index contributed by atoms with van der Waals surface area (Å²) < 4.78 is 41.1. The first-order valence-electron chi connectivity index (χ1n) is 6.32. The van der Waals surface area contributed by atoms with E-state index in [9.17, 15) is 18.0 Å². The van der Waals surface area contributed by atoms with E-state index in [1.807, 2.05) is 0 Å². The van der Waals surface area contributed by atoms with Crippen LogP contribution in [0.25, 0.3) is 6.08 Å². The zero-order chi connectivity index (χ0) is 15.9. The van der Waals surface area contributed by atoms with E-state index in [0.717, 1.165) is 0 Å². The third kappa shape index (κ3) is 4.97. The van der Waals surface area contributed by atoms with Crippen molar-refractivity contribution in [3.63, 3.8) is 0 Å². The molecule has 3 nitrogen and oxygen atoms in total. The Balaban J connectivity index is 1.94. The first-order valence-corrected chi connectivity index (χ1v) is 6.32. The van der Waals surface area contributed by atoms with Gasteiger partial charge in [-0.1, -0.05) is 12.1 Å². The fourth-order valence-corrected chi connectivity index (χ4v) is 1.69. The highest BCUT2D eigenvalue weighted by molar-refractivity contribution is 6.01. The van der Waals surface area contributed by atoms with E-state index in [1.54, 1.807) is 6.07 Å². The molecule has 0 aliphatic rings.